The lowest BCUT2D eigenvalue weighted by molar-refractivity contribution is 0.324. The van der Waals surface area contributed by atoms with Crippen LogP contribution in [0.5, 0.6) is 28.7 Å². The van der Waals surface area contributed by atoms with Gasteiger partial charge in [-0.05, 0) is 18.2 Å². The molecular weight excluding hydrogens is 366 g/mol. The Morgan fingerprint density at radius 3 is 1.96 bits per heavy atom. The SMILES string of the molecule is COc1ccc(-c2noc(Nc3cc(OC)c(OC)c(OC)c3)n2)cc1OC. The lowest BCUT2D eigenvalue weighted by Gasteiger charge is -2.13. The van der Waals surface area contributed by atoms with Crippen molar-refractivity contribution in [1.29, 1.82) is 0 Å². The lowest BCUT2D eigenvalue weighted by Crippen LogP contribution is -1.98. The van der Waals surface area contributed by atoms with Crippen LogP contribution in [0, 0.1) is 0 Å². The minimum absolute atomic E-state index is 0.207. The Kier molecular flexibility index (Phi) is 5.73. The van der Waals surface area contributed by atoms with Crippen LogP contribution in [0.25, 0.3) is 11.4 Å². The molecule has 3 rings (SSSR count). The van der Waals surface area contributed by atoms with Gasteiger partial charge < -0.3 is 33.5 Å². The van der Waals surface area contributed by atoms with Gasteiger partial charge in [0.25, 0.3) is 0 Å². The Balaban J connectivity index is 1.87. The van der Waals surface area contributed by atoms with Crippen LogP contribution in [0.1, 0.15) is 0 Å². The van der Waals surface area contributed by atoms with Crippen LogP contribution >= 0.6 is 0 Å². The number of anilines is 2. The molecule has 1 heterocycles. The second-order valence-electron chi connectivity index (χ2n) is 5.53. The van der Waals surface area contributed by atoms with Crippen LogP contribution in [0.2, 0.25) is 0 Å². The van der Waals surface area contributed by atoms with Crippen LogP contribution in [-0.4, -0.2) is 45.7 Å². The summed E-state index contributed by atoms with van der Waals surface area (Å²) in [5.74, 6) is 3.09. The Bertz CT molecular complexity index is 932. The number of ether oxygens (including phenoxy) is 5. The van der Waals surface area contributed by atoms with Gasteiger partial charge in [0.1, 0.15) is 0 Å². The van der Waals surface area contributed by atoms with Crippen molar-refractivity contribution in [1.82, 2.24) is 10.1 Å². The van der Waals surface area contributed by atoms with Crippen molar-refractivity contribution in [3.8, 4) is 40.1 Å². The van der Waals surface area contributed by atoms with Gasteiger partial charge in [-0.25, -0.2) is 0 Å². The fourth-order valence-electron chi connectivity index (χ4n) is 2.64. The molecule has 28 heavy (non-hydrogen) atoms. The van der Waals surface area contributed by atoms with E-state index >= 15 is 0 Å². The van der Waals surface area contributed by atoms with Crippen molar-refractivity contribution >= 4 is 11.7 Å². The second kappa shape index (κ2) is 8.38. The normalized spacial score (nSPS) is 10.3. The number of methoxy groups -OCH3 is 5. The van der Waals surface area contributed by atoms with Crippen LogP contribution in [-0.2, 0) is 0 Å². The van der Waals surface area contributed by atoms with E-state index in [0.29, 0.717) is 40.3 Å². The molecule has 2 aromatic carbocycles. The Morgan fingerprint density at radius 2 is 1.39 bits per heavy atom. The van der Waals surface area contributed by atoms with Gasteiger partial charge in [0, 0.05) is 17.7 Å². The molecule has 0 saturated heterocycles. The van der Waals surface area contributed by atoms with Gasteiger partial charge >= 0.3 is 6.01 Å². The quantitative estimate of drug-likeness (QED) is 0.622. The number of rotatable bonds is 8. The smallest absolute Gasteiger partial charge is 0.326 e. The largest absolute Gasteiger partial charge is 0.493 e. The number of nitrogens with one attached hydrogen (secondary N) is 1. The van der Waals surface area contributed by atoms with E-state index in [1.54, 1.807) is 59.8 Å². The molecule has 9 heteroatoms. The molecule has 0 saturated carbocycles. The summed E-state index contributed by atoms with van der Waals surface area (Å²) in [5.41, 5.74) is 1.36. The third kappa shape index (κ3) is 3.73. The number of aromatic nitrogens is 2. The van der Waals surface area contributed by atoms with Crippen molar-refractivity contribution in [2.75, 3.05) is 40.9 Å². The van der Waals surface area contributed by atoms with Gasteiger partial charge in [-0.3, -0.25) is 0 Å². The molecule has 1 aromatic heterocycles. The van der Waals surface area contributed by atoms with E-state index in [9.17, 15) is 0 Å². The first-order chi connectivity index (χ1) is 13.6. The fraction of sp³-hybridized carbons (Fsp3) is 0.263. The summed E-state index contributed by atoms with van der Waals surface area (Å²) >= 11 is 0. The van der Waals surface area contributed by atoms with E-state index in [4.69, 9.17) is 28.2 Å². The molecule has 0 bridgehead atoms. The molecule has 148 valence electrons. The summed E-state index contributed by atoms with van der Waals surface area (Å²) in [6.07, 6.45) is 0. The zero-order chi connectivity index (χ0) is 20.1. The molecule has 1 N–H and O–H groups in total. The first kappa shape index (κ1) is 19.2. The van der Waals surface area contributed by atoms with Crippen molar-refractivity contribution in [2.24, 2.45) is 0 Å². The fourth-order valence-corrected chi connectivity index (χ4v) is 2.64. The summed E-state index contributed by atoms with van der Waals surface area (Å²) < 4.78 is 31.8. The maximum absolute atomic E-state index is 5.34. The van der Waals surface area contributed by atoms with Gasteiger partial charge in [0.2, 0.25) is 11.6 Å². The zero-order valence-electron chi connectivity index (χ0n) is 16.2. The molecule has 0 fully saturated rings. The standard InChI is InChI=1S/C19H21N3O6/c1-23-13-7-6-11(8-14(13)24-2)18-21-19(28-22-18)20-12-9-15(25-3)17(27-5)16(10-12)26-4/h6-10H,1-5H3,(H,20,21,22). The Hall–Kier alpha value is -3.62. The third-order valence-electron chi connectivity index (χ3n) is 3.98. The molecule has 0 spiro atoms. The van der Waals surface area contributed by atoms with Gasteiger partial charge in [0.15, 0.2) is 23.0 Å². The van der Waals surface area contributed by atoms with E-state index in [0.717, 1.165) is 5.56 Å². The topological polar surface area (TPSA) is 97.1 Å². The summed E-state index contributed by atoms with van der Waals surface area (Å²) in [4.78, 5) is 4.36. The number of nitrogens with zero attached hydrogens (tertiary/aromatic N) is 2. The second-order valence-corrected chi connectivity index (χ2v) is 5.53. The highest BCUT2D eigenvalue weighted by atomic mass is 16.5. The minimum Gasteiger partial charge on any atom is -0.493 e. The summed E-state index contributed by atoms with van der Waals surface area (Å²) in [6.45, 7) is 0. The summed E-state index contributed by atoms with van der Waals surface area (Å²) in [5, 5.41) is 7.03. The molecule has 0 aliphatic rings. The van der Waals surface area contributed by atoms with E-state index in [1.165, 1.54) is 0 Å². The average Bonchev–Trinajstić information content (AvgIpc) is 3.20. The first-order valence-corrected chi connectivity index (χ1v) is 8.26. The first-order valence-electron chi connectivity index (χ1n) is 8.26. The predicted molar refractivity (Wildman–Crippen MR) is 102 cm³/mol. The summed E-state index contributed by atoms with van der Waals surface area (Å²) in [6, 6.07) is 9.04. The molecule has 9 nitrogen and oxygen atoms in total. The van der Waals surface area contributed by atoms with Gasteiger partial charge in [0.05, 0.1) is 41.2 Å². The highest BCUT2D eigenvalue weighted by Crippen LogP contribution is 2.40. The van der Waals surface area contributed by atoms with Crippen molar-refractivity contribution in [3.63, 3.8) is 0 Å². The highest BCUT2D eigenvalue weighted by Gasteiger charge is 2.16. The van der Waals surface area contributed by atoms with Crippen LogP contribution in [0.3, 0.4) is 0 Å². The van der Waals surface area contributed by atoms with E-state index < -0.39 is 0 Å². The number of benzene rings is 2. The maximum Gasteiger partial charge on any atom is 0.326 e. The number of hydrogen-bond acceptors (Lipinski definition) is 9. The Morgan fingerprint density at radius 1 is 0.750 bits per heavy atom. The summed E-state index contributed by atoms with van der Waals surface area (Å²) in [7, 11) is 7.77. The van der Waals surface area contributed by atoms with Crippen LogP contribution < -0.4 is 29.0 Å². The molecule has 0 atom stereocenters. The van der Waals surface area contributed by atoms with Crippen molar-refractivity contribution in [2.45, 2.75) is 0 Å². The lowest BCUT2D eigenvalue weighted by atomic mass is 10.2. The van der Waals surface area contributed by atoms with Gasteiger partial charge in [-0.1, -0.05) is 5.16 Å². The van der Waals surface area contributed by atoms with Crippen LogP contribution in [0.15, 0.2) is 34.9 Å². The van der Waals surface area contributed by atoms with Crippen molar-refractivity contribution in [3.05, 3.63) is 30.3 Å². The zero-order valence-corrected chi connectivity index (χ0v) is 16.2. The highest BCUT2D eigenvalue weighted by molar-refractivity contribution is 5.66. The Labute approximate surface area is 162 Å². The van der Waals surface area contributed by atoms with Crippen molar-refractivity contribution < 1.29 is 28.2 Å². The predicted octanol–water partition coefficient (Wildman–Crippen LogP) is 3.52. The van der Waals surface area contributed by atoms with Gasteiger partial charge in [-0.2, -0.15) is 4.98 Å². The molecule has 0 aliphatic heterocycles. The molecular formula is C19H21N3O6. The maximum atomic E-state index is 5.34. The third-order valence-corrected chi connectivity index (χ3v) is 3.98. The minimum atomic E-state index is 0.207. The molecule has 3 aromatic rings. The monoisotopic (exact) mass is 387 g/mol. The molecule has 0 radical (unpaired) electrons. The molecule has 0 amide bonds. The van der Waals surface area contributed by atoms with Gasteiger partial charge in [-0.15, -0.1) is 0 Å². The number of hydrogen-bond donors (Lipinski definition) is 1. The van der Waals surface area contributed by atoms with E-state index in [1.807, 2.05) is 6.07 Å². The van der Waals surface area contributed by atoms with E-state index in [2.05, 4.69) is 15.5 Å². The molecule has 0 unspecified atom stereocenters. The van der Waals surface area contributed by atoms with Crippen LogP contribution in [0.4, 0.5) is 11.7 Å². The molecule has 0 aliphatic carbocycles. The van der Waals surface area contributed by atoms with E-state index in [-0.39, 0.29) is 6.01 Å². The average molecular weight is 387 g/mol.